The van der Waals surface area contributed by atoms with Crippen molar-refractivity contribution in [3.63, 3.8) is 0 Å². The fraction of sp³-hybridized carbons (Fsp3) is 0.846. The second-order valence-corrected chi connectivity index (χ2v) is 6.19. The van der Waals surface area contributed by atoms with Gasteiger partial charge in [-0.25, -0.2) is 0 Å². The standard InChI is InChI=1S/C13H20O/c1-13(2)7-11-9-5-3-4-8(9)6-10(11)12(13)14/h3-4,8-12,14H,5-7H2,1-2H3. The summed E-state index contributed by atoms with van der Waals surface area (Å²) in [6.07, 6.45) is 8.45. The molecule has 3 rings (SSSR count). The smallest absolute Gasteiger partial charge is 0.0622 e. The molecule has 0 saturated heterocycles. The lowest BCUT2D eigenvalue weighted by Crippen LogP contribution is -2.27. The van der Waals surface area contributed by atoms with Crippen LogP contribution in [0.5, 0.6) is 0 Å². The van der Waals surface area contributed by atoms with E-state index >= 15 is 0 Å². The molecule has 5 unspecified atom stereocenters. The van der Waals surface area contributed by atoms with Crippen molar-refractivity contribution < 1.29 is 5.11 Å². The molecule has 14 heavy (non-hydrogen) atoms. The second kappa shape index (κ2) is 2.63. The molecule has 0 spiro atoms. The Kier molecular flexibility index (Phi) is 1.69. The Morgan fingerprint density at radius 3 is 2.79 bits per heavy atom. The highest BCUT2D eigenvalue weighted by Crippen LogP contribution is 2.59. The van der Waals surface area contributed by atoms with E-state index in [1.54, 1.807) is 0 Å². The Morgan fingerprint density at radius 2 is 2.00 bits per heavy atom. The van der Waals surface area contributed by atoms with Crippen molar-refractivity contribution in [3.05, 3.63) is 12.2 Å². The summed E-state index contributed by atoms with van der Waals surface area (Å²) in [7, 11) is 0. The van der Waals surface area contributed by atoms with Gasteiger partial charge in [0.25, 0.3) is 0 Å². The molecule has 1 heteroatoms. The second-order valence-electron chi connectivity index (χ2n) is 6.19. The van der Waals surface area contributed by atoms with Crippen molar-refractivity contribution in [3.8, 4) is 0 Å². The van der Waals surface area contributed by atoms with Gasteiger partial charge >= 0.3 is 0 Å². The highest BCUT2D eigenvalue weighted by Gasteiger charge is 2.55. The lowest BCUT2D eigenvalue weighted by molar-refractivity contribution is 0.0431. The fourth-order valence-electron chi connectivity index (χ4n) is 4.25. The summed E-state index contributed by atoms with van der Waals surface area (Å²) in [6, 6.07) is 0. The maximum Gasteiger partial charge on any atom is 0.0622 e. The van der Waals surface area contributed by atoms with Crippen LogP contribution in [0.4, 0.5) is 0 Å². The summed E-state index contributed by atoms with van der Waals surface area (Å²) >= 11 is 0. The molecule has 3 aliphatic rings. The zero-order chi connectivity index (χ0) is 9.92. The molecule has 1 N–H and O–H groups in total. The number of hydrogen-bond acceptors (Lipinski definition) is 1. The summed E-state index contributed by atoms with van der Waals surface area (Å²) in [6.45, 7) is 4.46. The van der Waals surface area contributed by atoms with E-state index in [1.165, 1.54) is 19.3 Å². The molecule has 5 atom stereocenters. The molecule has 0 aliphatic heterocycles. The normalized spacial score (nSPS) is 53.5. The predicted molar refractivity (Wildman–Crippen MR) is 56.7 cm³/mol. The third kappa shape index (κ3) is 0.995. The third-order valence-corrected chi connectivity index (χ3v) is 4.95. The van der Waals surface area contributed by atoms with Gasteiger partial charge in [0.15, 0.2) is 0 Å². The molecule has 0 radical (unpaired) electrons. The number of aliphatic hydroxyl groups is 1. The van der Waals surface area contributed by atoms with Crippen LogP contribution in [0.15, 0.2) is 12.2 Å². The summed E-state index contributed by atoms with van der Waals surface area (Å²) in [4.78, 5) is 0. The van der Waals surface area contributed by atoms with Crippen LogP contribution in [0.1, 0.15) is 33.1 Å². The molecule has 0 aromatic rings. The molecular formula is C13H20O. The summed E-state index contributed by atoms with van der Waals surface area (Å²) in [5.41, 5.74) is 0.170. The Hall–Kier alpha value is -0.300. The molecule has 0 aromatic carbocycles. The van der Waals surface area contributed by atoms with Crippen LogP contribution in [0.2, 0.25) is 0 Å². The van der Waals surface area contributed by atoms with Crippen LogP contribution in [0, 0.1) is 29.1 Å². The van der Waals surface area contributed by atoms with E-state index in [1.807, 2.05) is 0 Å². The van der Waals surface area contributed by atoms with E-state index in [0.29, 0.717) is 5.92 Å². The van der Waals surface area contributed by atoms with Crippen LogP contribution in [-0.4, -0.2) is 11.2 Å². The van der Waals surface area contributed by atoms with Gasteiger partial charge in [-0.1, -0.05) is 26.0 Å². The van der Waals surface area contributed by atoms with Gasteiger partial charge in [-0.15, -0.1) is 0 Å². The largest absolute Gasteiger partial charge is 0.392 e. The molecule has 1 nitrogen and oxygen atoms in total. The van der Waals surface area contributed by atoms with Crippen molar-refractivity contribution >= 4 is 0 Å². The van der Waals surface area contributed by atoms with Gasteiger partial charge in [-0.3, -0.25) is 0 Å². The van der Waals surface area contributed by atoms with Crippen molar-refractivity contribution in [2.75, 3.05) is 0 Å². The minimum absolute atomic E-state index is 0.0495. The van der Waals surface area contributed by atoms with Crippen molar-refractivity contribution in [1.29, 1.82) is 0 Å². The minimum atomic E-state index is -0.0495. The molecule has 0 heterocycles. The Morgan fingerprint density at radius 1 is 1.21 bits per heavy atom. The van der Waals surface area contributed by atoms with Crippen molar-refractivity contribution in [2.45, 2.75) is 39.2 Å². The van der Waals surface area contributed by atoms with E-state index in [-0.39, 0.29) is 11.5 Å². The van der Waals surface area contributed by atoms with Crippen molar-refractivity contribution in [2.24, 2.45) is 29.1 Å². The predicted octanol–water partition coefficient (Wildman–Crippen LogP) is 2.61. The van der Waals surface area contributed by atoms with Gasteiger partial charge in [-0.05, 0) is 48.3 Å². The van der Waals surface area contributed by atoms with Crippen LogP contribution in [0.3, 0.4) is 0 Å². The average Bonchev–Trinajstić information content (AvgIpc) is 2.70. The first kappa shape index (κ1) is 8.96. The highest BCUT2D eigenvalue weighted by molar-refractivity contribution is 5.13. The first-order chi connectivity index (χ1) is 6.59. The first-order valence-corrected chi connectivity index (χ1v) is 5.94. The third-order valence-electron chi connectivity index (χ3n) is 4.95. The maximum atomic E-state index is 10.3. The Labute approximate surface area is 86.2 Å². The summed E-state index contributed by atoms with van der Waals surface area (Å²) < 4.78 is 0. The van der Waals surface area contributed by atoms with E-state index < -0.39 is 0 Å². The maximum absolute atomic E-state index is 10.3. The van der Waals surface area contributed by atoms with Gasteiger partial charge in [-0.2, -0.15) is 0 Å². The highest BCUT2D eigenvalue weighted by atomic mass is 16.3. The molecule has 3 aliphatic carbocycles. The van der Waals surface area contributed by atoms with Crippen molar-refractivity contribution in [1.82, 2.24) is 0 Å². The summed E-state index contributed by atoms with van der Waals surface area (Å²) in [5, 5.41) is 10.3. The monoisotopic (exact) mass is 192 g/mol. The molecule has 78 valence electrons. The number of rotatable bonds is 0. The van der Waals surface area contributed by atoms with E-state index in [4.69, 9.17) is 0 Å². The van der Waals surface area contributed by atoms with Gasteiger partial charge in [0, 0.05) is 0 Å². The van der Waals surface area contributed by atoms with E-state index in [2.05, 4.69) is 26.0 Å². The fourth-order valence-corrected chi connectivity index (χ4v) is 4.25. The first-order valence-electron chi connectivity index (χ1n) is 5.94. The Balaban J connectivity index is 1.88. The van der Waals surface area contributed by atoms with Gasteiger partial charge in [0.05, 0.1) is 6.10 Å². The molecule has 2 fully saturated rings. The van der Waals surface area contributed by atoms with E-state index in [0.717, 1.165) is 17.8 Å². The number of allylic oxidation sites excluding steroid dienone is 2. The van der Waals surface area contributed by atoms with Crippen LogP contribution in [-0.2, 0) is 0 Å². The summed E-state index contributed by atoms with van der Waals surface area (Å²) in [5.74, 6) is 3.08. The SMILES string of the molecule is CC1(C)CC2C3CC=CC3CC2C1O. The molecular weight excluding hydrogens is 172 g/mol. The quantitative estimate of drug-likeness (QED) is 0.585. The molecule has 2 saturated carbocycles. The van der Waals surface area contributed by atoms with Gasteiger partial charge in [0.1, 0.15) is 0 Å². The topological polar surface area (TPSA) is 20.2 Å². The average molecular weight is 192 g/mol. The molecule has 0 aromatic heterocycles. The van der Waals surface area contributed by atoms with Crippen LogP contribution < -0.4 is 0 Å². The van der Waals surface area contributed by atoms with E-state index in [9.17, 15) is 5.11 Å². The number of hydrogen-bond donors (Lipinski definition) is 1. The number of aliphatic hydroxyl groups excluding tert-OH is 1. The lowest BCUT2D eigenvalue weighted by Gasteiger charge is -2.26. The number of fused-ring (bicyclic) bond motifs is 3. The Bertz CT molecular complexity index is 279. The zero-order valence-corrected chi connectivity index (χ0v) is 9.11. The van der Waals surface area contributed by atoms with Gasteiger partial charge < -0.3 is 5.11 Å². The molecule has 0 amide bonds. The zero-order valence-electron chi connectivity index (χ0n) is 9.11. The van der Waals surface area contributed by atoms with Crippen LogP contribution >= 0.6 is 0 Å². The molecule has 0 bridgehead atoms. The van der Waals surface area contributed by atoms with Gasteiger partial charge in [0.2, 0.25) is 0 Å². The van der Waals surface area contributed by atoms with Crippen LogP contribution in [0.25, 0.3) is 0 Å². The lowest BCUT2D eigenvalue weighted by atomic mass is 9.82. The minimum Gasteiger partial charge on any atom is -0.392 e.